The molecule has 0 amide bonds. The predicted octanol–water partition coefficient (Wildman–Crippen LogP) is 3.01. The van der Waals surface area contributed by atoms with E-state index in [9.17, 15) is 4.79 Å². The summed E-state index contributed by atoms with van der Waals surface area (Å²) < 4.78 is 1.83. The Kier molecular flexibility index (Phi) is 6.23. The van der Waals surface area contributed by atoms with Crippen LogP contribution in [0.15, 0.2) is 47.5 Å². The maximum Gasteiger partial charge on any atom is 0.251 e. The SMILES string of the molecule is Cc1ncc(CNC2CCN(CCn3c(=O)ccc4ncccc43)CC2)cc1Cl. The molecule has 7 heteroatoms. The number of aromatic nitrogens is 3. The molecule has 1 aliphatic rings. The number of piperidine rings is 1. The van der Waals surface area contributed by atoms with Gasteiger partial charge in [0.15, 0.2) is 0 Å². The maximum atomic E-state index is 12.3. The highest BCUT2D eigenvalue weighted by atomic mass is 35.5. The average Bonchev–Trinajstić information content (AvgIpc) is 2.75. The van der Waals surface area contributed by atoms with Crippen LogP contribution in [0.5, 0.6) is 0 Å². The Labute approximate surface area is 175 Å². The van der Waals surface area contributed by atoms with Crippen LogP contribution in [0.2, 0.25) is 5.02 Å². The molecule has 0 atom stereocenters. The van der Waals surface area contributed by atoms with Gasteiger partial charge in [-0.1, -0.05) is 11.6 Å². The van der Waals surface area contributed by atoms with Crippen molar-refractivity contribution >= 4 is 22.6 Å². The molecule has 1 fully saturated rings. The molecule has 4 heterocycles. The van der Waals surface area contributed by atoms with Crippen LogP contribution in [-0.4, -0.2) is 45.1 Å². The van der Waals surface area contributed by atoms with Gasteiger partial charge in [-0.05, 0) is 62.7 Å². The molecule has 152 valence electrons. The molecule has 0 unspecified atom stereocenters. The Bertz CT molecular complexity index is 1040. The smallest absolute Gasteiger partial charge is 0.251 e. The molecule has 0 radical (unpaired) electrons. The second-order valence-corrected chi connectivity index (χ2v) is 8.05. The van der Waals surface area contributed by atoms with Crippen LogP contribution in [0.25, 0.3) is 11.0 Å². The second kappa shape index (κ2) is 9.03. The minimum Gasteiger partial charge on any atom is -0.310 e. The van der Waals surface area contributed by atoms with Crippen LogP contribution in [0, 0.1) is 6.92 Å². The zero-order valence-corrected chi connectivity index (χ0v) is 17.4. The normalized spacial score (nSPS) is 15.8. The Hall–Kier alpha value is -2.28. The molecule has 0 bridgehead atoms. The first kappa shape index (κ1) is 20.0. The third-order valence-electron chi connectivity index (χ3n) is 5.66. The maximum absolute atomic E-state index is 12.3. The summed E-state index contributed by atoms with van der Waals surface area (Å²) in [5.74, 6) is 0. The Morgan fingerprint density at radius 1 is 1.17 bits per heavy atom. The van der Waals surface area contributed by atoms with Crippen molar-refractivity contribution in [3.05, 3.63) is 69.4 Å². The number of likely N-dealkylation sites (tertiary alicyclic amines) is 1. The molecule has 0 aromatic carbocycles. The quantitative estimate of drug-likeness (QED) is 0.675. The molecule has 0 aliphatic carbocycles. The number of hydrogen-bond acceptors (Lipinski definition) is 5. The van der Waals surface area contributed by atoms with Gasteiger partial charge in [-0.2, -0.15) is 0 Å². The summed E-state index contributed by atoms with van der Waals surface area (Å²) in [5, 5.41) is 4.34. The third kappa shape index (κ3) is 4.83. The molecule has 0 spiro atoms. The summed E-state index contributed by atoms with van der Waals surface area (Å²) in [6, 6.07) is 9.73. The first-order valence-corrected chi connectivity index (χ1v) is 10.5. The highest BCUT2D eigenvalue weighted by Crippen LogP contribution is 2.16. The van der Waals surface area contributed by atoms with Gasteiger partial charge in [0.05, 0.1) is 21.7 Å². The van der Waals surface area contributed by atoms with Gasteiger partial charge in [0.2, 0.25) is 0 Å². The third-order valence-corrected chi connectivity index (χ3v) is 6.04. The lowest BCUT2D eigenvalue weighted by molar-refractivity contribution is 0.191. The average molecular weight is 412 g/mol. The number of pyridine rings is 3. The van der Waals surface area contributed by atoms with Gasteiger partial charge in [0.1, 0.15) is 0 Å². The van der Waals surface area contributed by atoms with Crippen LogP contribution in [0.4, 0.5) is 0 Å². The van der Waals surface area contributed by atoms with Gasteiger partial charge in [-0.3, -0.25) is 14.8 Å². The van der Waals surface area contributed by atoms with E-state index < -0.39 is 0 Å². The first-order valence-electron chi connectivity index (χ1n) is 10.1. The van der Waals surface area contributed by atoms with E-state index in [0.717, 1.165) is 66.3 Å². The van der Waals surface area contributed by atoms with Gasteiger partial charge in [0, 0.05) is 44.1 Å². The minimum absolute atomic E-state index is 0.0346. The minimum atomic E-state index is 0.0346. The fourth-order valence-electron chi connectivity index (χ4n) is 3.86. The monoisotopic (exact) mass is 411 g/mol. The van der Waals surface area contributed by atoms with Gasteiger partial charge in [-0.25, -0.2) is 0 Å². The van der Waals surface area contributed by atoms with E-state index in [1.165, 1.54) is 0 Å². The molecule has 1 saturated heterocycles. The Balaban J connectivity index is 1.28. The number of fused-ring (bicyclic) bond motifs is 1. The molecule has 1 N–H and O–H groups in total. The van der Waals surface area contributed by atoms with Crippen LogP contribution >= 0.6 is 11.6 Å². The van der Waals surface area contributed by atoms with Crippen molar-refractivity contribution in [1.29, 1.82) is 0 Å². The van der Waals surface area contributed by atoms with Crippen molar-refractivity contribution in [2.45, 2.75) is 38.9 Å². The number of aryl methyl sites for hydroxylation is 1. The standard InChI is InChI=1S/C22H26ClN5O/c1-16-19(23)13-17(14-25-16)15-26-18-6-9-27(10-7-18)11-12-28-21-3-2-8-24-20(21)4-5-22(28)29/h2-5,8,13-14,18,26H,6-7,9-12,15H2,1H3. The van der Waals surface area contributed by atoms with Crippen molar-refractivity contribution in [1.82, 2.24) is 24.8 Å². The lowest BCUT2D eigenvalue weighted by Gasteiger charge is -2.32. The summed E-state index contributed by atoms with van der Waals surface area (Å²) in [6.07, 6.45) is 5.84. The van der Waals surface area contributed by atoms with E-state index in [0.29, 0.717) is 12.6 Å². The zero-order valence-electron chi connectivity index (χ0n) is 16.6. The first-order chi connectivity index (χ1) is 14.1. The molecule has 29 heavy (non-hydrogen) atoms. The van der Waals surface area contributed by atoms with Gasteiger partial charge >= 0.3 is 0 Å². The van der Waals surface area contributed by atoms with E-state index >= 15 is 0 Å². The van der Waals surface area contributed by atoms with Crippen molar-refractivity contribution in [2.75, 3.05) is 19.6 Å². The predicted molar refractivity (Wildman–Crippen MR) is 116 cm³/mol. The number of nitrogens with one attached hydrogen (secondary N) is 1. The van der Waals surface area contributed by atoms with Crippen LogP contribution in [-0.2, 0) is 13.1 Å². The molecule has 3 aromatic heterocycles. The summed E-state index contributed by atoms with van der Waals surface area (Å²) >= 11 is 6.16. The van der Waals surface area contributed by atoms with Crippen molar-refractivity contribution in [3.8, 4) is 0 Å². The van der Waals surface area contributed by atoms with Crippen molar-refractivity contribution < 1.29 is 0 Å². The molecule has 1 aliphatic heterocycles. The summed E-state index contributed by atoms with van der Waals surface area (Å²) in [5.41, 5.74) is 3.78. The highest BCUT2D eigenvalue weighted by molar-refractivity contribution is 6.31. The van der Waals surface area contributed by atoms with Gasteiger partial charge < -0.3 is 14.8 Å². The summed E-state index contributed by atoms with van der Waals surface area (Å²) in [7, 11) is 0. The van der Waals surface area contributed by atoms with E-state index in [1.54, 1.807) is 18.3 Å². The van der Waals surface area contributed by atoms with Gasteiger partial charge in [-0.15, -0.1) is 0 Å². The molecule has 3 aromatic rings. The molecular weight excluding hydrogens is 386 g/mol. The molecule has 4 rings (SSSR count). The second-order valence-electron chi connectivity index (χ2n) is 7.64. The number of hydrogen-bond donors (Lipinski definition) is 1. The number of halogens is 1. The Morgan fingerprint density at radius 2 is 2.00 bits per heavy atom. The summed E-state index contributed by atoms with van der Waals surface area (Å²) in [4.78, 5) is 23.4. The van der Waals surface area contributed by atoms with Gasteiger partial charge in [0.25, 0.3) is 5.56 Å². The molecule has 0 saturated carbocycles. The zero-order chi connectivity index (χ0) is 20.2. The highest BCUT2D eigenvalue weighted by Gasteiger charge is 2.19. The van der Waals surface area contributed by atoms with E-state index in [-0.39, 0.29) is 5.56 Å². The van der Waals surface area contributed by atoms with Crippen molar-refractivity contribution in [2.24, 2.45) is 0 Å². The van der Waals surface area contributed by atoms with Crippen LogP contribution in [0.3, 0.4) is 0 Å². The lowest BCUT2D eigenvalue weighted by atomic mass is 10.0. The Morgan fingerprint density at radius 3 is 2.79 bits per heavy atom. The fourth-order valence-corrected chi connectivity index (χ4v) is 4.05. The molecule has 6 nitrogen and oxygen atoms in total. The largest absolute Gasteiger partial charge is 0.310 e. The van der Waals surface area contributed by atoms with Crippen molar-refractivity contribution in [3.63, 3.8) is 0 Å². The summed E-state index contributed by atoms with van der Waals surface area (Å²) in [6.45, 7) is 6.32. The topological polar surface area (TPSA) is 63.1 Å². The number of rotatable bonds is 6. The lowest BCUT2D eigenvalue weighted by Crippen LogP contribution is -2.43. The van der Waals surface area contributed by atoms with E-state index in [4.69, 9.17) is 11.6 Å². The molecular formula is C22H26ClN5O. The van der Waals surface area contributed by atoms with Crippen LogP contribution < -0.4 is 10.9 Å². The number of nitrogens with zero attached hydrogens (tertiary/aromatic N) is 4. The van der Waals surface area contributed by atoms with E-state index in [2.05, 4.69) is 20.2 Å². The van der Waals surface area contributed by atoms with E-state index in [1.807, 2.05) is 35.9 Å². The van der Waals surface area contributed by atoms with Crippen LogP contribution in [0.1, 0.15) is 24.1 Å². The fraction of sp³-hybridized carbons (Fsp3) is 0.409.